The summed E-state index contributed by atoms with van der Waals surface area (Å²) in [4.78, 5) is 17.2. The van der Waals surface area contributed by atoms with Gasteiger partial charge in [0.05, 0.1) is 0 Å². The van der Waals surface area contributed by atoms with E-state index in [9.17, 15) is 4.79 Å². The quantitative estimate of drug-likeness (QED) is 0.624. The third kappa shape index (κ3) is 3.18. The number of nitrogens with zero attached hydrogens (tertiary/aromatic N) is 2. The van der Waals surface area contributed by atoms with Gasteiger partial charge >= 0.3 is 6.09 Å². The number of rotatable bonds is 1. The summed E-state index contributed by atoms with van der Waals surface area (Å²) in [7, 11) is 0. The van der Waals surface area contributed by atoms with Gasteiger partial charge in [-0.1, -0.05) is 29.8 Å². The summed E-state index contributed by atoms with van der Waals surface area (Å²) in [5.41, 5.74) is 5.98. The number of likely N-dealkylation sites (tertiary alicyclic amines) is 1. The summed E-state index contributed by atoms with van der Waals surface area (Å²) in [6.45, 7) is 8.31. The highest BCUT2D eigenvalue weighted by Crippen LogP contribution is 2.51. The van der Waals surface area contributed by atoms with Gasteiger partial charge in [-0.05, 0) is 68.5 Å². The van der Waals surface area contributed by atoms with Gasteiger partial charge in [0.25, 0.3) is 0 Å². The number of carbonyl (C=O) groups excluding carboxylic acids is 1. The number of hydrogen-bond donors (Lipinski definition) is 0. The smallest absolute Gasteiger partial charge is 0.410 e. The maximum Gasteiger partial charge on any atom is 0.410 e. The molecule has 3 heterocycles. The van der Waals surface area contributed by atoms with Gasteiger partial charge in [0.2, 0.25) is 0 Å². The summed E-state index contributed by atoms with van der Waals surface area (Å²) in [6.07, 6.45) is 1.87. The van der Waals surface area contributed by atoms with Crippen LogP contribution >= 0.6 is 11.6 Å². The Morgan fingerprint density at radius 1 is 1.17 bits per heavy atom. The van der Waals surface area contributed by atoms with Crippen molar-refractivity contribution in [3.63, 3.8) is 0 Å². The maximum atomic E-state index is 12.7. The van der Waals surface area contributed by atoms with E-state index in [4.69, 9.17) is 16.3 Å². The van der Waals surface area contributed by atoms with E-state index in [1.165, 1.54) is 22.4 Å². The molecule has 29 heavy (non-hydrogen) atoms. The highest BCUT2D eigenvalue weighted by Gasteiger charge is 2.46. The molecule has 1 saturated heterocycles. The second kappa shape index (κ2) is 6.66. The second-order valence-electron chi connectivity index (χ2n) is 9.39. The van der Waals surface area contributed by atoms with E-state index in [1.807, 2.05) is 43.9 Å². The van der Waals surface area contributed by atoms with E-state index in [-0.39, 0.29) is 6.09 Å². The predicted molar refractivity (Wildman–Crippen MR) is 117 cm³/mol. The molecule has 2 aromatic carbocycles. The zero-order chi connectivity index (χ0) is 20.3. The molecule has 0 aliphatic carbocycles. The lowest BCUT2D eigenvalue weighted by atomic mass is 9.86. The molecule has 3 aliphatic heterocycles. The third-order valence-electron chi connectivity index (χ3n) is 6.34. The molecule has 0 radical (unpaired) electrons. The van der Waals surface area contributed by atoms with Gasteiger partial charge in [-0.25, -0.2) is 4.79 Å². The molecule has 0 saturated carbocycles. The summed E-state index contributed by atoms with van der Waals surface area (Å²) < 4.78 is 5.64. The van der Waals surface area contributed by atoms with Crippen molar-refractivity contribution in [3.8, 4) is 11.1 Å². The Kier molecular flexibility index (Phi) is 4.32. The Morgan fingerprint density at radius 2 is 1.97 bits per heavy atom. The van der Waals surface area contributed by atoms with E-state index in [0.29, 0.717) is 18.5 Å². The fourth-order valence-corrected chi connectivity index (χ4v) is 5.43. The Bertz CT molecular complexity index is 981. The van der Waals surface area contributed by atoms with Crippen LogP contribution in [0.15, 0.2) is 36.4 Å². The lowest BCUT2D eigenvalue weighted by molar-refractivity contribution is 0.0189. The van der Waals surface area contributed by atoms with Crippen LogP contribution < -0.4 is 4.90 Å². The molecular weight excluding hydrogens is 384 g/mol. The standard InChI is InChI=1S/C24H27ClN2O2/c1-24(2,3)29-23(28)26-10-9-21-19(14-26)18-13-16(17-6-4-5-7-20(17)25)12-15-8-11-27(21)22(15)18/h4-7,12-13,19,21H,8-11,14H2,1-3H3. The molecule has 0 aromatic heterocycles. The topological polar surface area (TPSA) is 32.8 Å². The number of fused-ring (bicyclic) bond motifs is 3. The van der Waals surface area contributed by atoms with E-state index in [1.54, 1.807) is 0 Å². The molecule has 1 fully saturated rings. The van der Waals surface area contributed by atoms with Crippen molar-refractivity contribution in [2.75, 3.05) is 24.5 Å². The number of piperidine rings is 1. The van der Waals surface area contributed by atoms with Crippen molar-refractivity contribution >= 4 is 23.4 Å². The first-order valence-corrected chi connectivity index (χ1v) is 10.9. The van der Waals surface area contributed by atoms with Gasteiger partial charge in [0.15, 0.2) is 0 Å². The van der Waals surface area contributed by atoms with Crippen LogP contribution in [0.25, 0.3) is 11.1 Å². The molecule has 152 valence electrons. The van der Waals surface area contributed by atoms with Crippen LogP contribution in [0.5, 0.6) is 0 Å². The van der Waals surface area contributed by atoms with Crippen molar-refractivity contribution < 1.29 is 9.53 Å². The van der Waals surface area contributed by atoms with Crippen molar-refractivity contribution in [2.24, 2.45) is 0 Å². The molecule has 2 aromatic rings. The number of amides is 1. The summed E-state index contributed by atoms with van der Waals surface area (Å²) in [6, 6.07) is 13.1. The molecule has 1 amide bonds. The average Bonchev–Trinajstić information content (AvgIpc) is 3.23. The second-order valence-corrected chi connectivity index (χ2v) is 9.79. The van der Waals surface area contributed by atoms with Crippen molar-refractivity contribution in [2.45, 2.75) is 51.2 Å². The number of benzene rings is 2. The Balaban J connectivity index is 1.50. The largest absolute Gasteiger partial charge is 0.444 e. The van der Waals surface area contributed by atoms with E-state index in [0.717, 1.165) is 36.5 Å². The van der Waals surface area contributed by atoms with E-state index >= 15 is 0 Å². The molecule has 2 atom stereocenters. The Hall–Kier alpha value is -2.20. The Labute approximate surface area is 177 Å². The van der Waals surface area contributed by atoms with Crippen LogP contribution in [0.1, 0.15) is 44.2 Å². The Morgan fingerprint density at radius 3 is 2.72 bits per heavy atom. The van der Waals surface area contributed by atoms with Crippen LogP contribution in [0.3, 0.4) is 0 Å². The lowest BCUT2D eigenvalue weighted by Crippen LogP contribution is -2.49. The van der Waals surface area contributed by atoms with Gasteiger partial charge in [-0.15, -0.1) is 0 Å². The first kappa shape index (κ1) is 18.8. The monoisotopic (exact) mass is 410 g/mol. The summed E-state index contributed by atoms with van der Waals surface area (Å²) in [5.74, 6) is 0.327. The molecule has 2 unspecified atom stereocenters. The van der Waals surface area contributed by atoms with Crippen LogP contribution in [-0.2, 0) is 11.2 Å². The minimum atomic E-state index is -0.469. The number of carbonyl (C=O) groups is 1. The summed E-state index contributed by atoms with van der Waals surface area (Å²) in [5, 5.41) is 0.781. The molecule has 3 aliphatic rings. The number of halogens is 1. The van der Waals surface area contributed by atoms with Gasteiger partial charge in [0.1, 0.15) is 5.60 Å². The molecule has 0 bridgehead atoms. The lowest BCUT2D eigenvalue weighted by Gasteiger charge is -2.38. The van der Waals surface area contributed by atoms with Gasteiger partial charge in [-0.3, -0.25) is 0 Å². The molecule has 5 heteroatoms. The fourth-order valence-electron chi connectivity index (χ4n) is 5.19. The van der Waals surface area contributed by atoms with Crippen molar-refractivity contribution in [3.05, 3.63) is 52.5 Å². The van der Waals surface area contributed by atoms with Crippen molar-refractivity contribution in [1.29, 1.82) is 0 Å². The molecular formula is C24H27ClN2O2. The first-order chi connectivity index (χ1) is 13.8. The molecule has 5 rings (SSSR count). The fraction of sp³-hybridized carbons (Fsp3) is 0.458. The van der Waals surface area contributed by atoms with Crippen LogP contribution in [0.2, 0.25) is 5.02 Å². The normalized spacial score (nSPS) is 22.5. The van der Waals surface area contributed by atoms with Gasteiger partial charge in [0, 0.05) is 47.9 Å². The number of anilines is 1. The zero-order valence-corrected chi connectivity index (χ0v) is 18.0. The SMILES string of the molecule is CC(C)(C)OC(=O)N1CCC2C(C1)c1cc(-c3ccccc3Cl)cc3c1N2CC3. The maximum absolute atomic E-state index is 12.7. The predicted octanol–water partition coefficient (Wildman–Crippen LogP) is 5.48. The average molecular weight is 411 g/mol. The minimum absolute atomic E-state index is 0.199. The highest BCUT2D eigenvalue weighted by molar-refractivity contribution is 6.33. The van der Waals surface area contributed by atoms with Crippen LogP contribution in [0.4, 0.5) is 10.5 Å². The van der Waals surface area contributed by atoms with Gasteiger partial charge < -0.3 is 14.5 Å². The van der Waals surface area contributed by atoms with Crippen molar-refractivity contribution in [1.82, 2.24) is 4.90 Å². The number of ether oxygens (including phenoxy) is 1. The van der Waals surface area contributed by atoms with Crippen LogP contribution in [-0.4, -0.2) is 42.3 Å². The summed E-state index contributed by atoms with van der Waals surface area (Å²) >= 11 is 6.50. The highest BCUT2D eigenvalue weighted by atomic mass is 35.5. The first-order valence-electron chi connectivity index (χ1n) is 10.5. The minimum Gasteiger partial charge on any atom is -0.444 e. The zero-order valence-electron chi connectivity index (χ0n) is 17.2. The van der Waals surface area contributed by atoms with Crippen LogP contribution in [0, 0.1) is 0 Å². The number of hydrogen-bond acceptors (Lipinski definition) is 3. The van der Waals surface area contributed by atoms with Gasteiger partial charge in [-0.2, -0.15) is 0 Å². The van der Waals surface area contributed by atoms with E-state index in [2.05, 4.69) is 23.1 Å². The molecule has 0 N–H and O–H groups in total. The molecule has 4 nitrogen and oxygen atoms in total. The molecule has 0 spiro atoms. The van der Waals surface area contributed by atoms with E-state index < -0.39 is 5.60 Å². The third-order valence-corrected chi connectivity index (χ3v) is 6.67.